The number of nitro groups is 1. The van der Waals surface area contributed by atoms with Crippen LogP contribution in [0.4, 0.5) is 11.5 Å². The summed E-state index contributed by atoms with van der Waals surface area (Å²) in [5.74, 6) is -2.82. The molecule has 0 spiro atoms. The third-order valence-corrected chi connectivity index (χ3v) is 3.94. The molecule has 8 nitrogen and oxygen atoms in total. The number of carboxylic acids is 1. The molecule has 1 unspecified atom stereocenters. The summed E-state index contributed by atoms with van der Waals surface area (Å²) >= 11 is 8.79. The largest absolute Gasteiger partial charge is 0.481 e. The molecule has 1 aliphatic heterocycles. The number of carboxylic acid groups (broad SMARTS) is 1. The number of rotatable bonds is 3. The van der Waals surface area contributed by atoms with Gasteiger partial charge in [-0.25, -0.2) is 4.98 Å². The number of aromatic nitrogens is 1. The van der Waals surface area contributed by atoms with Gasteiger partial charge in [-0.05, 0) is 15.9 Å². The van der Waals surface area contributed by atoms with Crippen LogP contribution in [0.3, 0.4) is 0 Å². The van der Waals surface area contributed by atoms with Crippen LogP contribution in [0.1, 0.15) is 6.42 Å². The van der Waals surface area contributed by atoms with Crippen LogP contribution in [0, 0.1) is 16.0 Å². The van der Waals surface area contributed by atoms with Crippen molar-refractivity contribution in [2.75, 3.05) is 11.4 Å². The van der Waals surface area contributed by atoms with Gasteiger partial charge in [0.1, 0.15) is 5.15 Å². The minimum atomic E-state index is -1.13. The molecule has 10 heteroatoms. The third kappa shape index (κ3) is 2.59. The lowest BCUT2D eigenvalue weighted by molar-refractivity contribution is -0.384. The van der Waals surface area contributed by atoms with E-state index in [1.54, 1.807) is 0 Å². The average molecular weight is 365 g/mol. The van der Waals surface area contributed by atoms with Crippen LogP contribution in [0.15, 0.2) is 10.5 Å². The Bertz CT molecular complexity index is 623. The molecule has 106 valence electrons. The third-order valence-electron chi connectivity index (χ3n) is 2.82. The predicted octanol–water partition coefficient (Wildman–Crippen LogP) is 1.84. The van der Waals surface area contributed by atoms with E-state index in [1.165, 1.54) is 0 Å². The summed E-state index contributed by atoms with van der Waals surface area (Å²) in [5, 5.41) is 19.9. The predicted molar refractivity (Wildman–Crippen MR) is 71.7 cm³/mol. The maximum absolute atomic E-state index is 11.8. The Labute approximate surface area is 125 Å². The highest BCUT2D eigenvalue weighted by Crippen LogP contribution is 2.36. The van der Waals surface area contributed by atoms with E-state index in [0.717, 1.165) is 11.0 Å². The second kappa shape index (κ2) is 5.33. The summed E-state index contributed by atoms with van der Waals surface area (Å²) in [6.07, 6.45) is -0.220. The first kappa shape index (κ1) is 14.7. The lowest BCUT2D eigenvalue weighted by atomic mass is 10.1. The highest BCUT2D eigenvalue weighted by Gasteiger charge is 2.39. The molecule has 0 saturated carbocycles. The van der Waals surface area contributed by atoms with E-state index in [9.17, 15) is 19.7 Å². The molecule has 1 N–H and O–H groups in total. The molecule has 2 rings (SSSR count). The van der Waals surface area contributed by atoms with E-state index in [1.807, 2.05) is 0 Å². The number of aliphatic carboxylic acids is 1. The Kier molecular flexibility index (Phi) is 3.91. The molecule has 0 radical (unpaired) electrons. The van der Waals surface area contributed by atoms with Crippen molar-refractivity contribution in [2.45, 2.75) is 6.42 Å². The topological polar surface area (TPSA) is 114 Å². The van der Waals surface area contributed by atoms with Crippen molar-refractivity contribution >= 4 is 50.9 Å². The fraction of sp³-hybridized carbons (Fsp3) is 0.300. The first-order valence-electron chi connectivity index (χ1n) is 5.35. The monoisotopic (exact) mass is 363 g/mol. The van der Waals surface area contributed by atoms with Crippen LogP contribution in [0.2, 0.25) is 5.15 Å². The molecule has 1 aromatic rings. The maximum Gasteiger partial charge on any atom is 0.313 e. The average Bonchev–Trinajstić information content (AvgIpc) is 2.74. The van der Waals surface area contributed by atoms with Gasteiger partial charge in [0.15, 0.2) is 0 Å². The molecule has 0 aliphatic carbocycles. The van der Waals surface area contributed by atoms with Crippen molar-refractivity contribution in [3.05, 3.63) is 25.8 Å². The van der Waals surface area contributed by atoms with Gasteiger partial charge in [-0.3, -0.25) is 24.6 Å². The number of amides is 1. The lowest BCUT2D eigenvalue weighted by Gasteiger charge is -2.15. The zero-order valence-electron chi connectivity index (χ0n) is 9.75. The van der Waals surface area contributed by atoms with Crippen LogP contribution >= 0.6 is 27.5 Å². The molecule has 1 aromatic heterocycles. The minimum Gasteiger partial charge on any atom is -0.481 e. The first-order chi connectivity index (χ1) is 9.31. The maximum atomic E-state index is 11.8. The number of halogens is 2. The van der Waals surface area contributed by atoms with Gasteiger partial charge in [0, 0.05) is 19.0 Å². The Morgan fingerprint density at radius 2 is 2.30 bits per heavy atom. The minimum absolute atomic E-state index is 0.0443. The number of hydrogen-bond acceptors (Lipinski definition) is 5. The SMILES string of the molecule is O=C(O)C1CC(=O)N(c2nc(Cl)c(Br)cc2[N+](=O)[O-])C1. The van der Waals surface area contributed by atoms with Crippen molar-refractivity contribution < 1.29 is 19.6 Å². The molecule has 1 aliphatic rings. The quantitative estimate of drug-likeness (QED) is 0.497. The number of pyridine rings is 1. The fourth-order valence-corrected chi connectivity index (χ4v) is 2.30. The van der Waals surface area contributed by atoms with Crippen molar-refractivity contribution in [1.29, 1.82) is 0 Å². The Morgan fingerprint density at radius 3 is 2.80 bits per heavy atom. The summed E-state index contributed by atoms with van der Waals surface area (Å²) in [6.45, 7) is -0.167. The van der Waals surface area contributed by atoms with Crippen molar-refractivity contribution in [1.82, 2.24) is 4.98 Å². The van der Waals surface area contributed by atoms with E-state index in [0.29, 0.717) is 0 Å². The van der Waals surface area contributed by atoms with E-state index in [4.69, 9.17) is 16.7 Å². The van der Waals surface area contributed by atoms with Gasteiger partial charge in [0.2, 0.25) is 11.7 Å². The van der Waals surface area contributed by atoms with Crippen LogP contribution < -0.4 is 4.90 Å². The van der Waals surface area contributed by atoms with E-state index >= 15 is 0 Å². The molecular weight excluding hydrogens is 357 g/mol. The van der Waals surface area contributed by atoms with Crippen molar-refractivity contribution in [3.8, 4) is 0 Å². The van der Waals surface area contributed by atoms with Gasteiger partial charge in [0.05, 0.1) is 15.3 Å². The Morgan fingerprint density at radius 1 is 1.65 bits per heavy atom. The number of nitrogens with zero attached hydrogens (tertiary/aromatic N) is 3. The number of anilines is 1. The van der Waals surface area contributed by atoms with Gasteiger partial charge < -0.3 is 5.11 Å². The van der Waals surface area contributed by atoms with E-state index in [-0.39, 0.29) is 28.4 Å². The summed E-state index contributed by atoms with van der Waals surface area (Å²) in [4.78, 5) is 37.8. The summed E-state index contributed by atoms with van der Waals surface area (Å²) in [7, 11) is 0. The zero-order valence-corrected chi connectivity index (χ0v) is 12.1. The molecule has 1 saturated heterocycles. The molecule has 1 fully saturated rings. The normalized spacial score (nSPS) is 18.4. The van der Waals surface area contributed by atoms with Gasteiger partial charge in [0.25, 0.3) is 0 Å². The van der Waals surface area contributed by atoms with Gasteiger partial charge in [-0.1, -0.05) is 11.6 Å². The number of hydrogen-bond donors (Lipinski definition) is 1. The molecule has 1 atom stereocenters. The lowest BCUT2D eigenvalue weighted by Crippen LogP contribution is -2.27. The van der Waals surface area contributed by atoms with Crippen LogP contribution in [0.5, 0.6) is 0 Å². The van der Waals surface area contributed by atoms with Gasteiger partial charge >= 0.3 is 11.7 Å². The Balaban J connectivity index is 2.47. The van der Waals surface area contributed by atoms with Crippen LogP contribution in [-0.4, -0.2) is 33.4 Å². The second-order valence-electron chi connectivity index (χ2n) is 4.10. The Hall–Kier alpha value is -1.74. The van der Waals surface area contributed by atoms with Crippen LogP contribution in [-0.2, 0) is 9.59 Å². The molecular formula is C10H7BrClN3O5. The zero-order chi connectivity index (χ0) is 15.0. The van der Waals surface area contributed by atoms with Crippen molar-refractivity contribution in [3.63, 3.8) is 0 Å². The highest BCUT2D eigenvalue weighted by molar-refractivity contribution is 9.10. The van der Waals surface area contributed by atoms with Gasteiger partial charge in [-0.15, -0.1) is 0 Å². The summed E-state index contributed by atoms with van der Waals surface area (Å²) < 4.78 is 0.219. The van der Waals surface area contributed by atoms with E-state index < -0.39 is 28.4 Å². The molecule has 0 bridgehead atoms. The van der Waals surface area contributed by atoms with Crippen LogP contribution in [0.25, 0.3) is 0 Å². The second-order valence-corrected chi connectivity index (χ2v) is 5.32. The highest BCUT2D eigenvalue weighted by atomic mass is 79.9. The fourth-order valence-electron chi connectivity index (χ4n) is 1.86. The first-order valence-corrected chi connectivity index (χ1v) is 6.52. The summed E-state index contributed by atoms with van der Waals surface area (Å²) in [6, 6.07) is 1.13. The van der Waals surface area contributed by atoms with Gasteiger partial charge in [-0.2, -0.15) is 0 Å². The standard InChI is InChI=1S/C10H7BrClN3O5/c11-5-2-6(15(19)20)9(13-8(5)12)14-3-4(10(17)18)1-7(14)16/h2,4H,1,3H2,(H,17,18). The molecule has 0 aromatic carbocycles. The van der Waals surface area contributed by atoms with Crippen molar-refractivity contribution in [2.24, 2.45) is 5.92 Å². The van der Waals surface area contributed by atoms with E-state index in [2.05, 4.69) is 20.9 Å². The summed E-state index contributed by atoms with van der Waals surface area (Å²) in [5.41, 5.74) is -0.416. The molecule has 1 amide bonds. The molecule has 20 heavy (non-hydrogen) atoms. The number of carbonyl (C=O) groups is 2. The number of carbonyl (C=O) groups excluding carboxylic acids is 1. The molecule has 2 heterocycles. The smallest absolute Gasteiger partial charge is 0.313 e.